The normalized spacial score (nSPS) is 14.0. The molecule has 1 aromatic carbocycles. The van der Waals surface area contributed by atoms with Gasteiger partial charge in [-0.05, 0) is 12.1 Å². The van der Waals surface area contributed by atoms with Crippen molar-refractivity contribution in [3.63, 3.8) is 0 Å². The number of carbonyl (C=O) groups excluding carboxylic acids is 1. The zero-order chi connectivity index (χ0) is 20.6. The Morgan fingerprint density at radius 3 is 2.44 bits per heavy atom. The van der Waals surface area contributed by atoms with Crippen LogP contribution in [-0.2, 0) is 28.6 Å². The van der Waals surface area contributed by atoms with Crippen LogP contribution in [0.4, 0.5) is 9.18 Å². The van der Waals surface area contributed by atoms with Gasteiger partial charge in [0.15, 0.2) is 0 Å². The largest absolute Gasteiger partial charge is 0.508 e. The van der Waals surface area contributed by atoms with Crippen LogP contribution in [0, 0.1) is 0 Å². The highest BCUT2D eigenvalue weighted by atomic mass is 35.5. The summed E-state index contributed by atoms with van der Waals surface area (Å²) in [5, 5.41) is 2.93. The van der Waals surface area contributed by atoms with Crippen LogP contribution < -0.4 is 0 Å². The first kappa shape index (κ1) is 23.7. The Morgan fingerprint density at radius 1 is 1.22 bits per heavy atom. The third kappa shape index (κ3) is 7.67. The standard InChI is InChI=1S/C14H15Cl3FNO7S/c1-23-14(20)25-7-9(3-8(18)6-19-24-2)26-27(21,22)13-5-11(16)10(15)4-12(13)17/h4-6,8-9H,3,7H2,1-2H3/t8-,9-/m1/s1. The van der Waals surface area contributed by atoms with Gasteiger partial charge in [-0.1, -0.05) is 40.0 Å². The molecular weight excluding hydrogens is 452 g/mol. The van der Waals surface area contributed by atoms with Crippen molar-refractivity contribution in [2.75, 3.05) is 20.8 Å². The third-order valence-corrected chi connectivity index (χ3v) is 5.43. The third-order valence-electron chi connectivity index (χ3n) is 2.88. The number of rotatable bonds is 9. The molecule has 0 saturated heterocycles. The van der Waals surface area contributed by atoms with Gasteiger partial charge in [0.05, 0.1) is 28.4 Å². The minimum absolute atomic E-state index is 0.0331. The number of methoxy groups -OCH3 is 1. The van der Waals surface area contributed by atoms with Gasteiger partial charge < -0.3 is 14.3 Å². The number of alkyl halides is 1. The summed E-state index contributed by atoms with van der Waals surface area (Å²) in [5.74, 6) is 0. The molecule has 27 heavy (non-hydrogen) atoms. The molecule has 0 aliphatic rings. The SMILES string of the molecule is CON=C[C@H](F)C[C@H](COC(=O)OC)OS(=O)(=O)c1cc(Cl)c(Cl)cc1Cl. The topological polar surface area (TPSA) is 100 Å². The molecule has 0 saturated carbocycles. The second-order valence-electron chi connectivity index (χ2n) is 4.82. The van der Waals surface area contributed by atoms with E-state index in [0.29, 0.717) is 0 Å². The van der Waals surface area contributed by atoms with Gasteiger partial charge in [0, 0.05) is 6.42 Å². The van der Waals surface area contributed by atoms with Crippen molar-refractivity contribution in [1.29, 1.82) is 0 Å². The van der Waals surface area contributed by atoms with E-state index in [9.17, 15) is 17.6 Å². The van der Waals surface area contributed by atoms with E-state index in [1.54, 1.807) is 0 Å². The quantitative estimate of drug-likeness (QED) is 0.179. The molecule has 0 spiro atoms. The predicted molar refractivity (Wildman–Crippen MR) is 96.9 cm³/mol. The summed E-state index contributed by atoms with van der Waals surface area (Å²) in [6.07, 6.45) is -4.02. The predicted octanol–water partition coefficient (Wildman–Crippen LogP) is 3.86. The second kappa shape index (κ2) is 10.9. The van der Waals surface area contributed by atoms with Crippen LogP contribution in [0.1, 0.15) is 6.42 Å². The first-order chi connectivity index (χ1) is 12.6. The molecular formula is C14H15Cl3FNO7S. The fraction of sp³-hybridized carbons (Fsp3) is 0.429. The smallest absolute Gasteiger partial charge is 0.438 e. The number of nitrogens with zero attached hydrogens (tertiary/aromatic N) is 1. The lowest BCUT2D eigenvalue weighted by Crippen LogP contribution is -2.29. The number of benzene rings is 1. The highest BCUT2D eigenvalue weighted by Gasteiger charge is 2.28. The Labute approximate surface area is 170 Å². The number of ether oxygens (including phenoxy) is 2. The zero-order valence-electron chi connectivity index (χ0n) is 14.0. The van der Waals surface area contributed by atoms with Crippen LogP contribution in [0.3, 0.4) is 0 Å². The lowest BCUT2D eigenvalue weighted by molar-refractivity contribution is 0.0329. The van der Waals surface area contributed by atoms with Crippen molar-refractivity contribution in [2.24, 2.45) is 5.16 Å². The Kier molecular flexibility index (Phi) is 9.54. The first-order valence-electron chi connectivity index (χ1n) is 7.10. The molecule has 8 nitrogen and oxygen atoms in total. The number of carbonyl (C=O) groups is 1. The van der Waals surface area contributed by atoms with Crippen LogP contribution in [-0.4, -0.2) is 53.9 Å². The number of oxime groups is 1. The molecule has 0 aliphatic heterocycles. The van der Waals surface area contributed by atoms with Gasteiger partial charge in [0.25, 0.3) is 10.1 Å². The minimum atomic E-state index is -4.50. The van der Waals surface area contributed by atoms with Crippen molar-refractivity contribution in [2.45, 2.75) is 23.6 Å². The van der Waals surface area contributed by atoms with Gasteiger partial charge in [-0.3, -0.25) is 4.18 Å². The van der Waals surface area contributed by atoms with E-state index >= 15 is 0 Å². The van der Waals surface area contributed by atoms with E-state index in [4.69, 9.17) is 39.0 Å². The van der Waals surface area contributed by atoms with E-state index in [0.717, 1.165) is 25.5 Å². The second-order valence-corrected chi connectivity index (χ2v) is 7.59. The van der Waals surface area contributed by atoms with E-state index < -0.39 is 46.5 Å². The average molecular weight is 467 g/mol. The molecule has 1 aromatic rings. The maximum Gasteiger partial charge on any atom is 0.508 e. The van der Waals surface area contributed by atoms with E-state index in [1.807, 2.05) is 0 Å². The van der Waals surface area contributed by atoms with Crippen molar-refractivity contribution >= 4 is 57.3 Å². The van der Waals surface area contributed by atoms with Gasteiger partial charge in [-0.25, -0.2) is 9.18 Å². The van der Waals surface area contributed by atoms with Gasteiger partial charge in [0.1, 0.15) is 30.9 Å². The molecule has 0 N–H and O–H groups in total. The Morgan fingerprint density at radius 2 is 1.85 bits per heavy atom. The summed E-state index contributed by atoms with van der Waals surface area (Å²) >= 11 is 17.4. The number of hydrogen-bond acceptors (Lipinski definition) is 8. The molecule has 152 valence electrons. The lowest BCUT2D eigenvalue weighted by atomic mass is 10.2. The molecule has 0 amide bonds. The fourth-order valence-electron chi connectivity index (χ4n) is 1.72. The Balaban J connectivity index is 3.05. The lowest BCUT2D eigenvalue weighted by Gasteiger charge is -2.18. The van der Waals surface area contributed by atoms with E-state index in [-0.39, 0.29) is 15.1 Å². The fourth-order valence-corrected chi connectivity index (χ4v) is 3.77. The molecule has 0 fully saturated rings. The molecule has 0 bridgehead atoms. The highest BCUT2D eigenvalue weighted by molar-refractivity contribution is 7.87. The summed E-state index contributed by atoms with van der Waals surface area (Å²) in [4.78, 5) is 15.0. The van der Waals surface area contributed by atoms with Crippen LogP contribution in [0.15, 0.2) is 22.2 Å². The van der Waals surface area contributed by atoms with Crippen LogP contribution in [0.25, 0.3) is 0 Å². The van der Waals surface area contributed by atoms with Gasteiger partial charge >= 0.3 is 6.16 Å². The van der Waals surface area contributed by atoms with Crippen LogP contribution in [0.5, 0.6) is 0 Å². The summed E-state index contributed by atoms with van der Waals surface area (Å²) < 4.78 is 52.7. The van der Waals surface area contributed by atoms with Gasteiger partial charge in [-0.15, -0.1) is 0 Å². The highest BCUT2D eigenvalue weighted by Crippen LogP contribution is 2.33. The molecule has 0 radical (unpaired) electrons. The van der Waals surface area contributed by atoms with Crippen molar-refractivity contribution in [3.05, 3.63) is 27.2 Å². The molecule has 0 heterocycles. The van der Waals surface area contributed by atoms with E-state index in [2.05, 4.69) is 19.5 Å². The van der Waals surface area contributed by atoms with Crippen molar-refractivity contribution in [1.82, 2.24) is 0 Å². The number of hydrogen-bond donors (Lipinski definition) is 0. The summed E-state index contributed by atoms with van der Waals surface area (Å²) in [6, 6.07) is 2.10. The van der Waals surface area contributed by atoms with E-state index in [1.165, 1.54) is 7.11 Å². The molecule has 0 aliphatic carbocycles. The van der Waals surface area contributed by atoms with Gasteiger partial charge in [-0.2, -0.15) is 8.42 Å². The number of halogens is 4. The van der Waals surface area contributed by atoms with Gasteiger partial charge in [0.2, 0.25) is 0 Å². The van der Waals surface area contributed by atoms with Crippen molar-refractivity contribution < 1.29 is 36.1 Å². The molecule has 1 rings (SSSR count). The molecule has 0 unspecified atom stereocenters. The maximum atomic E-state index is 13.9. The summed E-state index contributed by atoms with van der Waals surface area (Å²) in [6.45, 7) is -0.619. The average Bonchev–Trinajstić information content (AvgIpc) is 2.60. The monoisotopic (exact) mass is 465 g/mol. The summed E-state index contributed by atoms with van der Waals surface area (Å²) in [5.41, 5.74) is 0. The Bertz CT molecular complexity index is 791. The first-order valence-corrected chi connectivity index (χ1v) is 9.64. The molecule has 13 heteroatoms. The van der Waals surface area contributed by atoms with Crippen molar-refractivity contribution in [3.8, 4) is 0 Å². The zero-order valence-corrected chi connectivity index (χ0v) is 17.1. The summed E-state index contributed by atoms with van der Waals surface area (Å²) in [7, 11) is -2.25. The Hall–Kier alpha value is -1.33. The van der Waals surface area contributed by atoms with Crippen LogP contribution >= 0.6 is 34.8 Å². The molecule has 2 atom stereocenters. The molecule has 0 aromatic heterocycles. The maximum absolute atomic E-state index is 13.9. The minimum Gasteiger partial charge on any atom is -0.438 e. The van der Waals surface area contributed by atoms with Crippen LogP contribution in [0.2, 0.25) is 15.1 Å².